The maximum atomic E-state index is 12.9. The van der Waals surface area contributed by atoms with Gasteiger partial charge in [-0.05, 0) is 36.4 Å². The first-order valence-electron chi connectivity index (χ1n) is 7.78. The van der Waals surface area contributed by atoms with Crippen LogP contribution in [-0.4, -0.2) is 20.3 Å². The number of ketones is 1. The molecule has 0 amide bonds. The first-order valence-corrected chi connectivity index (χ1v) is 8.97. The minimum absolute atomic E-state index is 0.184. The predicted octanol–water partition coefficient (Wildman–Crippen LogP) is 4.24. The zero-order valence-electron chi connectivity index (χ0n) is 13.7. The van der Waals surface area contributed by atoms with Crippen LogP contribution < -0.4 is 11.1 Å². The van der Waals surface area contributed by atoms with E-state index in [0.717, 1.165) is 16.7 Å². The molecule has 2 heterocycles. The van der Waals surface area contributed by atoms with Gasteiger partial charge in [0.05, 0.1) is 11.0 Å². The number of nitrogens with two attached hydrogens (primary N) is 1. The average Bonchev–Trinajstić information content (AvgIpc) is 3.17. The van der Waals surface area contributed by atoms with Crippen molar-refractivity contribution in [2.45, 2.75) is 0 Å². The van der Waals surface area contributed by atoms with Crippen LogP contribution in [-0.2, 0) is 7.05 Å². The van der Waals surface area contributed by atoms with Gasteiger partial charge in [-0.3, -0.25) is 4.79 Å². The van der Waals surface area contributed by atoms with Crippen LogP contribution in [0.1, 0.15) is 15.5 Å². The summed E-state index contributed by atoms with van der Waals surface area (Å²) in [6.45, 7) is 0. The number of halogens is 1. The molecular weight excluding hydrogens is 370 g/mol. The molecule has 130 valence electrons. The fourth-order valence-electron chi connectivity index (χ4n) is 2.65. The van der Waals surface area contributed by atoms with Crippen LogP contribution in [0.2, 0.25) is 5.02 Å². The van der Waals surface area contributed by atoms with Crippen LogP contribution in [0.3, 0.4) is 0 Å². The Balaban J connectivity index is 1.66. The van der Waals surface area contributed by atoms with E-state index in [-0.39, 0.29) is 11.6 Å². The van der Waals surface area contributed by atoms with E-state index in [1.54, 1.807) is 16.7 Å². The van der Waals surface area contributed by atoms with Gasteiger partial charge in [-0.15, -0.1) is 0 Å². The van der Waals surface area contributed by atoms with Crippen molar-refractivity contribution in [2.24, 2.45) is 7.05 Å². The molecule has 3 N–H and O–H groups in total. The van der Waals surface area contributed by atoms with E-state index in [2.05, 4.69) is 15.3 Å². The molecular formula is C18H14ClN5OS. The van der Waals surface area contributed by atoms with Gasteiger partial charge in [-0.1, -0.05) is 35.1 Å². The molecule has 6 nitrogen and oxygen atoms in total. The van der Waals surface area contributed by atoms with E-state index in [9.17, 15) is 4.79 Å². The van der Waals surface area contributed by atoms with Crippen molar-refractivity contribution in [3.05, 3.63) is 64.3 Å². The monoisotopic (exact) mass is 383 g/mol. The molecule has 26 heavy (non-hydrogen) atoms. The first kappa shape index (κ1) is 16.6. The molecule has 2 aromatic heterocycles. The van der Waals surface area contributed by atoms with Crippen LogP contribution in [0.4, 0.5) is 16.6 Å². The van der Waals surface area contributed by atoms with Gasteiger partial charge >= 0.3 is 0 Å². The zero-order valence-corrected chi connectivity index (χ0v) is 15.3. The molecule has 0 bridgehead atoms. The number of aryl methyl sites for hydroxylation is 1. The molecule has 0 aliphatic carbocycles. The Morgan fingerprint density at radius 2 is 1.88 bits per heavy atom. The van der Waals surface area contributed by atoms with Gasteiger partial charge in [-0.2, -0.15) is 0 Å². The summed E-state index contributed by atoms with van der Waals surface area (Å²) in [5, 5.41) is 4.31. The van der Waals surface area contributed by atoms with Gasteiger partial charge in [0, 0.05) is 17.8 Å². The van der Waals surface area contributed by atoms with Crippen molar-refractivity contribution in [1.82, 2.24) is 14.5 Å². The van der Waals surface area contributed by atoms with Crippen molar-refractivity contribution in [1.29, 1.82) is 0 Å². The number of thiazole rings is 1. The second-order valence-electron chi connectivity index (χ2n) is 5.68. The zero-order chi connectivity index (χ0) is 18.3. The molecule has 0 aliphatic heterocycles. The molecule has 8 heteroatoms. The van der Waals surface area contributed by atoms with Crippen molar-refractivity contribution in [2.75, 3.05) is 11.1 Å². The largest absolute Gasteiger partial charge is 0.382 e. The molecule has 0 atom stereocenters. The first-order chi connectivity index (χ1) is 12.5. The molecule has 0 aliphatic rings. The normalized spacial score (nSPS) is 11.0. The van der Waals surface area contributed by atoms with E-state index >= 15 is 0 Å². The molecule has 4 rings (SSSR count). The Labute approximate surface area is 158 Å². The summed E-state index contributed by atoms with van der Waals surface area (Å²) in [5.41, 5.74) is 8.44. The summed E-state index contributed by atoms with van der Waals surface area (Å²) in [6, 6.07) is 14.8. The molecule has 0 radical (unpaired) electrons. The van der Waals surface area contributed by atoms with E-state index in [1.165, 1.54) is 11.3 Å². The van der Waals surface area contributed by atoms with Crippen LogP contribution in [0.5, 0.6) is 0 Å². The minimum atomic E-state index is -0.247. The number of carbonyl (C=O) groups excluding carboxylic acids is 1. The molecule has 0 saturated carbocycles. The van der Waals surface area contributed by atoms with Crippen LogP contribution in [0, 0.1) is 0 Å². The number of fused-ring (bicyclic) bond motifs is 1. The number of nitrogen functional groups attached to an aromatic ring is 1. The number of nitrogens with one attached hydrogen (secondary N) is 1. The number of aromatic nitrogens is 3. The highest BCUT2D eigenvalue weighted by Crippen LogP contribution is 2.30. The SMILES string of the molecule is Cn1c(C(=O)c2sc(Nc3ccc(Cl)cc3)nc2N)nc2ccccc21. The second-order valence-corrected chi connectivity index (χ2v) is 7.11. The van der Waals surface area contributed by atoms with Gasteiger partial charge in [0.15, 0.2) is 11.0 Å². The third kappa shape index (κ3) is 2.91. The standard InChI is InChI=1S/C18H14ClN5OS/c1-24-13-5-3-2-4-12(13)22-17(24)14(25)15-16(20)23-18(26-15)21-11-8-6-10(19)7-9-11/h2-9H,20H2,1H3,(H,21,23). The highest BCUT2D eigenvalue weighted by molar-refractivity contribution is 7.18. The third-order valence-electron chi connectivity index (χ3n) is 3.95. The average molecular weight is 384 g/mol. The molecule has 2 aromatic carbocycles. The summed E-state index contributed by atoms with van der Waals surface area (Å²) in [6.07, 6.45) is 0. The smallest absolute Gasteiger partial charge is 0.242 e. The van der Waals surface area contributed by atoms with Crippen LogP contribution in [0.25, 0.3) is 11.0 Å². The van der Waals surface area contributed by atoms with Gasteiger partial charge in [0.2, 0.25) is 5.78 Å². The quantitative estimate of drug-likeness (QED) is 0.515. The number of hydrogen-bond donors (Lipinski definition) is 2. The molecule has 0 spiro atoms. The number of imidazole rings is 1. The molecule has 4 aromatic rings. The van der Waals surface area contributed by atoms with Gasteiger partial charge in [0.1, 0.15) is 10.7 Å². The number of benzene rings is 2. The lowest BCUT2D eigenvalue weighted by molar-refractivity contribution is 0.103. The second kappa shape index (κ2) is 6.44. The fourth-order valence-corrected chi connectivity index (χ4v) is 3.62. The lowest BCUT2D eigenvalue weighted by Crippen LogP contribution is -2.09. The number of anilines is 3. The summed E-state index contributed by atoms with van der Waals surface area (Å²) < 4.78 is 1.77. The summed E-state index contributed by atoms with van der Waals surface area (Å²) >= 11 is 7.08. The van der Waals surface area contributed by atoms with Crippen molar-refractivity contribution in [3.8, 4) is 0 Å². The van der Waals surface area contributed by atoms with E-state index in [4.69, 9.17) is 17.3 Å². The maximum Gasteiger partial charge on any atom is 0.242 e. The number of nitrogens with zero attached hydrogens (tertiary/aromatic N) is 3. The maximum absolute atomic E-state index is 12.9. The highest BCUT2D eigenvalue weighted by atomic mass is 35.5. The van der Waals surface area contributed by atoms with Gasteiger partial charge < -0.3 is 15.6 Å². The Kier molecular flexibility index (Phi) is 4.10. The van der Waals surface area contributed by atoms with Crippen molar-refractivity contribution >= 4 is 56.4 Å². The number of carbonyl (C=O) groups is 1. The minimum Gasteiger partial charge on any atom is -0.382 e. The number of para-hydroxylation sites is 2. The Bertz CT molecular complexity index is 1120. The lowest BCUT2D eigenvalue weighted by Gasteiger charge is -2.01. The molecule has 0 saturated heterocycles. The van der Waals surface area contributed by atoms with Crippen LogP contribution in [0.15, 0.2) is 48.5 Å². The predicted molar refractivity (Wildman–Crippen MR) is 105 cm³/mol. The molecule has 0 unspecified atom stereocenters. The molecule has 0 fully saturated rings. The van der Waals surface area contributed by atoms with Gasteiger partial charge in [0.25, 0.3) is 0 Å². The van der Waals surface area contributed by atoms with E-state index < -0.39 is 0 Å². The van der Waals surface area contributed by atoms with E-state index in [1.807, 2.05) is 43.4 Å². The van der Waals surface area contributed by atoms with Crippen molar-refractivity contribution < 1.29 is 4.79 Å². The highest BCUT2D eigenvalue weighted by Gasteiger charge is 2.23. The summed E-state index contributed by atoms with van der Waals surface area (Å²) in [4.78, 5) is 22.0. The Morgan fingerprint density at radius 1 is 1.15 bits per heavy atom. The Hall–Kier alpha value is -2.90. The number of rotatable bonds is 4. The number of hydrogen-bond acceptors (Lipinski definition) is 6. The lowest BCUT2D eigenvalue weighted by atomic mass is 10.3. The topological polar surface area (TPSA) is 85.8 Å². The fraction of sp³-hybridized carbons (Fsp3) is 0.0556. The summed E-state index contributed by atoms with van der Waals surface area (Å²) in [5.74, 6) is 0.269. The summed E-state index contributed by atoms with van der Waals surface area (Å²) in [7, 11) is 1.81. The van der Waals surface area contributed by atoms with Crippen LogP contribution >= 0.6 is 22.9 Å². The van der Waals surface area contributed by atoms with Gasteiger partial charge in [-0.25, -0.2) is 9.97 Å². The third-order valence-corrected chi connectivity index (χ3v) is 5.18. The van der Waals surface area contributed by atoms with Crippen molar-refractivity contribution in [3.63, 3.8) is 0 Å². The Morgan fingerprint density at radius 3 is 2.62 bits per heavy atom. The van der Waals surface area contributed by atoms with E-state index in [0.29, 0.717) is 20.9 Å².